The van der Waals surface area contributed by atoms with Gasteiger partial charge in [0.1, 0.15) is 0 Å². The topological polar surface area (TPSA) is 49.6 Å². The van der Waals surface area contributed by atoms with E-state index < -0.39 is 0 Å². The van der Waals surface area contributed by atoms with Crippen LogP contribution < -0.4 is 5.73 Å². The normalized spacial score (nSPS) is 24.6. The fourth-order valence-electron chi connectivity index (χ4n) is 3.80. The van der Waals surface area contributed by atoms with E-state index in [1.807, 2.05) is 0 Å². The van der Waals surface area contributed by atoms with E-state index >= 15 is 0 Å². The van der Waals surface area contributed by atoms with Gasteiger partial charge >= 0.3 is 0 Å². The van der Waals surface area contributed by atoms with Crippen LogP contribution in [0.4, 0.5) is 0 Å². The predicted octanol–water partition coefficient (Wildman–Crippen LogP) is 2.17. The molecule has 2 rings (SSSR count). The average Bonchev–Trinajstić information content (AvgIpc) is 2.48. The van der Waals surface area contributed by atoms with Gasteiger partial charge < -0.3 is 10.6 Å². The van der Waals surface area contributed by atoms with Gasteiger partial charge in [-0.2, -0.15) is 0 Å². The van der Waals surface area contributed by atoms with Gasteiger partial charge in [0, 0.05) is 31.6 Å². The average molecular weight is 311 g/mol. The lowest BCUT2D eigenvalue weighted by atomic mass is 9.74. The highest BCUT2D eigenvalue weighted by molar-refractivity contribution is 7.80. The molecule has 2 N–H and O–H groups in total. The monoisotopic (exact) mass is 311 g/mol. The highest BCUT2D eigenvalue weighted by atomic mass is 32.1. The summed E-state index contributed by atoms with van der Waals surface area (Å²) in [6, 6.07) is 0.183. The van der Waals surface area contributed by atoms with Crippen LogP contribution in [0.5, 0.6) is 0 Å². The Morgan fingerprint density at radius 1 is 1.19 bits per heavy atom. The maximum Gasteiger partial charge on any atom is 0.228 e. The zero-order chi connectivity index (χ0) is 15.5. The summed E-state index contributed by atoms with van der Waals surface area (Å²) >= 11 is 5.15. The van der Waals surface area contributed by atoms with Gasteiger partial charge in [0.15, 0.2) is 0 Å². The molecule has 0 bridgehead atoms. The summed E-state index contributed by atoms with van der Waals surface area (Å²) in [5.74, 6) is 0.366. The smallest absolute Gasteiger partial charge is 0.228 e. The zero-order valence-corrected chi connectivity index (χ0v) is 14.3. The number of nitrogens with two attached hydrogens (primary N) is 1. The lowest BCUT2D eigenvalue weighted by molar-refractivity contribution is -0.145. The Morgan fingerprint density at radius 3 is 2.24 bits per heavy atom. The van der Waals surface area contributed by atoms with Gasteiger partial charge in [-0.05, 0) is 19.3 Å². The summed E-state index contributed by atoms with van der Waals surface area (Å²) in [5.41, 5.74) is 5.70. The van der Waals surface area contributed by atoms with Crippen LogP contribution in [0.2, 0.25) is 0 Å². The fraction of sp³-hybridized carbons (Fsp3) is 0.875. The van der Waals surface area contributed by atoms with Gasteiger partial charge in [-0.1, -0.05) is 45.3 Å². The van der Waals surface area contributed by atoms with Crippen LogP contribution in [0.3, 0.4) is 0 Å². The number of carbonyl (C=O) groups is 1. The maximum absolute atomic E-state index is 12.8. The first-order valence-electron chi connectivity index (χ1n) is 8.30. The number of hydrogen-bond donors (Lipinski definition) is 1. The van der Waals surface area contributed by atoms with Gasteiger partial charge in [-0.25, -0.2) is 0 Å². The molecular formula is C16H29N3OS. The van der Waals surface area contributed by atoms with Crippen molar-refractivity contribution in [1.29, 1.82) is 0 Å². The molecule has 1 saturated heterocycles. The van der Waals surface area contributed by atoms with Crippen molar-refractivity contribution in [3.8, 4) is 0 Å². The molecule has 2 aliphatic rings. The van der Waals surface area contributed by atoms with E-state index in [0.29, 0.717) is 10.9 Å². The van der Waals surface area contributed by atoms with Crippen molar-refractivity contribution in [2.24, 2.45) is 11.1 Å². The second-order valence-electron chi connectivity index (χ2n) is 6.78. The van der Waals surface area contributed by atoms with E-state index in [0.717, 1.165) is 45.4 Å². The molecule has 0 aromatic carbocycles. The van der Waals surface area contributed by atoms with Gasteiger partial charge in [0.25, 0.3) is 0 Å². The zero-order valence-electron chi connectivity index (χ0n) is 13.4. The molecule has 0 radical (unpaired) electrons. The molecule has 1 saturated carbocycles. The third kappa shape index (κ3) is 3.75. The number of thiocarbonyl (C=S) groups is 1. The Morgan fingerprint density at radius 2 is 1.76 bits per heavy atom. The maximum atomic E-state index is 12.8. The molecule has 1 unspecified atom stereocenters. The first kappa shape index (κ1) is 16.7. The van der Waals surface area contributed by atoms with Crippen LogP contribution >= 0.6 is 12.2 Å². The standard InChI is InChI=1S/C16H29N3OS/c1-3-13(14(17)21)18-9-11-19(12-10-18)15(20)16(2)7-5-4-6-8-16/h13H,3-12H2,1-2H3,(H2,17,21). The molecule has 1 atom stereocenters. The predicted molar refractivity (Wildman–Crippen MR) is 90.2 cm³/mol. The van der Waals surface area contributed by atoms with E-state index in [2.05, 4.69) is 23.6 Å². The van der Waals surface area contributed by atoms with Gasteiger partial charge in [-0.3, -0.25) is 9.69 Å². The quantitative estimate of drug-likeness (QED) is 0.808. The van der Waals surface area contributed by atoms with Crippen molar-refractivity contribution < 1.29 is 4.79 Å². The van der Waals surface area contributed by atoms with Gasteiger partial charge in [0.2, 0.25) is 5.91 Å². The van der Waals surface area contributed by atoms with E-state index in [1.54, 1.807) is 0 Å². The second-order valence-corrected chi connectivity index (χ2v) is 7.25. The Bertz CT molecular complexity index is 385. The molecule has 1 heterocycles. The van der Waals surface area contributed by atoms with Crippen molar-refractivity contribution in [1.82, 2.24) is 9.80 Å². The number of nitrogens with zero attached hydrogens (tertiary/aromatic N) is 2. The van der Waals surface area contributed by atoms with E-state index in [1.165, 1.54) is 19.3 Å². The van der Waals surface area contributed by atoms with Gasteiger partial charge in [-0.15, -0.1) is 0 Å². The number of hydrogen-bond acceptors (Lipinski definition) is 3. The Hall–Kier alpha value is -0.680. The van der Waals surface area contributed by atoms with Crippen molar-refractivity contribution >= 4 is 23.1 Å². The van der Waals surface area contributed by atoms with Crippen LogP contribution in [-0.2, 0) is 4.79 Å². The lowest BCUT2D eigenvalue weighted by Crippen LogP contribution is -2.56. The number of rotatable bonds is 4. The van der Waals surface area contributed by atoms with Crippen LogP contribution in [0.25, 0.3) is 0 Å². The van der Waals surface area contributed by atoms with Gasteiger partial charge in [0.05, 0.1) is 11.0 Å². The van der Waals surface area contributed by atoms with E-state index in [4.69, 9.17) is 18.0 Å². The third-order valence-corrected chi connectivity index (χ3v) is 5.50. The summed E-state index contributed by atoms with van der Waals surface area (Å²) in [6.45, 7) is 7.67. The molecule has 4 nitrogen and oxygen atoms in total. The molecule has 1 amide bonds. The highest BCUT2D eigenvalue weighted by Crippen LogP contribution is 2.37. The first-order chi connectivity index (χ1) is 9.98. The van der Waals surface area contributed by atoms with Crippen LogP contribution in [0, 0.1) is 5.41 Å². The molecule has 5 heteroatoms. The van der Waals surface area contributed by atoms with E-state index in [-0.39, 0.29) is 11.5 Å². The molecule has 0 aromatic heterocycles. The SMILES string of the molecule is CCC(C(N)=S)N1CCN(C(=O)C2(C)CCCCC2)CC1. The molecular weight excluding hydrogens is 282 g/mol. The summed E-state index contributed by atoms with van der Waals surface area (Å²) in [5, 5.41) is 0. The highest BCUT2D eigenvalue weighted by Gasteiger charge is 2.38. The molecule has 0 spiro atoms. The minimum Gasteiger partial charge on any atom is -0.392 e. The minimum absolute atomic E-state index is 0.117. The van der Waals surface area contributed by atoms with Crippen molar-refractivity contribution in [3.63, 3.8) is 0 Å². The first-order valence-corrected chi connectivity index (χ1v) is 8.71. The third-order valence-electron chi connectivity index (χ3n) is 5.23. The Kier molecular flexibility index (Phi) is 5.60. The summed E-state index contributed by atoms with van der Waals surface area (Å²) < 4.78 is 0. The number of carbonyl (C=O) groups excluding carboxylic acids is 1. The number of piperazine rings is 1. The molecule has 1 aliphatic heterocycles. The number of amides is 1. The Labute approximate surface area is 134 Å². The molecule has 21 heavy (non-hydrogen) atoms. The van der Waals surface area contributed by atoms with Crippen molar-refractivity contribution in [2.75, 3.05) is 26.2 Å². The lowest BCUT2D eigenvalue weighted by Gasteiger charge is -2.43. The molecule has 2 fully saturated rings. The fourth-order valence-corrected chi connectivity index (χ4v) is 4.12. The summed E-state index contributed by atoms with van der Waals surface area (Å²) in [6.07, 6.45) is 6.72. The van der Waals surface area contributed by atoms with Crippen LogP contribution in [0.15, 0.2) is 0 Å². The largest absolute Gasteiger partial charge is 0.392 e. The summed E-state index contributed by atoms with van der Waals surface area (Å²) in [4.78, 5) is 17.8. The molecule has 0 aromatic rings. The second kappa shape index (κ2) is 7.05. The summed E-state index contributed by atoms with van der Waals surface area (Å²) in [7, 11) is 0. The van der Waals surface area contributed by atoms with Crippen LogP contribution in [0.1, 0.15) is 52.4 Å². The molecule has 120 valence electrons. The van der Waals surface area contributed by atoms with E-state index in [9.17, 15) is 4.79 Å². The van der Waals surface area contributed by atoms with Crippen molar-refractivity contribution in [2.45, 2.75) is 58.4 Å². The molecule has 1 aliphatic carbocycles. The minimum atomic E-state index is -0.117. The van der Waals surface area contributed by atoms with Crippen molar-refractivity contribution in [3.05, 3.63) is 0 Å². The Balaban J connectivity index is 1.91. The van der Waals surface area contributed by atoms with Crippen LogP contribution in [-0.4, -0.2) is 52.9 Å².